The molecule has 7 heteroatoms. The van der Waals surface area contributed by atoms with Crippen molar-refractivity contribution >= 4 is 17.7 Å². The molecule has 0 spiro atoms. The van der Waals surface area contributed by atoms with Crippen LogP contribution >= 0.6 is 11.8 Å². The molecule has 6 nitrogen and oxygen atoms in total. The van der Waals surface area contributed by atoms with Crippen LogP contribution in [0.2, 0.25) is 0 Å². The zero-order valence-electron chi connectivity index (χ0n) is 11.8. The minimum atomic E-state index is -0.962. The fourth-order valence-corrected chi connectivity index (χ4v) is 2.34. The van der Waals surface area contributed by atoms with E-state index in [1.807, 2.05) is 30.5 Å². The second-order valence-corrected chi connectivity index (χ2v) is 5.47. The monoisotopic (exact) mass is 306 g/mol. The van der Waals surface area contributed by atoms with Gasteiger partial charge in [-0.15, -0.1) is 0 Å². The number of rotatable bonds is 7. The molecule has 0 bridgehead atoms. The molecule has 0 radical (unpaired) electrons. The number of hydrogen-bond donors (Lipinski definition) is 2. The molecular formula is C14H18N4O2S. The lowest BCUT2D eigenvalue weighted by Gasteiger charge is -2.13. The molecule has 1 atom stereocenters. The second-order valence-electron chi connectivity index (χ2n) is 4.48. The lowest BCUT2D eigenvalue weighted by molar-refractivity contribution is -0.129. The van der Waals surface area contributed by atoms with Crippen molar-refractivity contribution < 1.29 is 9.90 Å². The van der Waals surface area contributed by atoms with Gasteiger partial charge in [0.15, 0.2) is 0 Å². The Kier molecular flexibility index (Phi) is 5.77. The minimum absolute atomic E-state index is 0.338. The molecule has 1 amide bonds. The number of carbonyl (C=O) groups is 1. The third-order valence-electron chi connectivity index (χ3n) is 3.01. The maximum absolute atomic E-state index is 11.8. The van der Waals surface area contributed by atoms with E-state index in [9.17, 15) is 9.90 Å². The first-order chi connectivity index (χ1) is 10.2. The average molecular weight is 306 g/mol. The van der Waals surface area contributed by atoms with Gasteiger partial charge in [-0.1, -0.05) is 18.2 Å². The number of hydrogen-bond acceptors (Lipinski definition) is 5. The molecule has 0 saturated carbocycles. The Morgan fingerprint density at radius 2 is 2.29 bits per heavy atom. The lowest BCUT2D eigenvalue weighted by Crippen LogP contribution is -2.34. The number of aliphatic hydroxyl groups excluding tert-OH is 1. The molecule has 0 fully saturated rings. The van der Waals surface area contributed by atoms with Gasteiger partial charge >= 0.3 is 0 Å². The third kappa shape index (κ3) is 4.30. The highest BCUT2D eigenvalue weighted by molar-refractivity contribution is 7.98. The molecule has 21 heavy (non-hydrogen) atoms. The molecule has 112 valence electrons. The highest BCUT2D eigenvalue weighted by Gasteiger charge is 2.14. The number of amides is 1. The smallest absolute Gasteiger partial charge is 0.249 e. The van der Waals surface area contributed by atoms with E-state index in [1.54, 1.807) is 22.8 Å². The van der Waals surface area contributed by atoms with Gasteiger partial charge in [0.25, 0.3) is 0 Å². The van der Waals surface area contributed by atoms with E-state index in [4.69, 9.17) is 0 Å². The van der Waals surface area contributed by atoms with Gasteiger partial charge in [-0.2, -0.15) is 16.9 Å². The van der Waals surface area contributed by atoms with Crippen LogP contribution in [0.4, 0.5) is 0 Å². The summed E-state index contributed by atoms with van der Waals surface area (Å²) in [6, 6.07) is 7.60. The van der Waals surface area contributed by atoms with Crippen LogP contribution < -0.4 is 5.32 Å². The standard InChI is InChI=1S/C14H18N4O2S/c1-21-7-6-13(19)14(20)16-8-11-4-2-3-5-12(11)18-10-15-9-17-18/h2-5,9-10,13,19H,6-8H2,1H3,(H,16,20)/t13-/m1/s1. The summed E-state index contributed by atoms with van der Waals surface area (Å²) in [7, 11) is 0. The van der Waals surface area contributed by atoms with Crippen molar-refractivity contribution in [3.8, 4) is 5.69 Å². The molecule has 0 aliphatic rings. The predicted molar refractivity (Wildman–Crippen MR) is 82.2 cm³/mol. The molecule has 2 N–H and O–H groups in total. The summed E-state index contributed by atoms with van der Waals surface area (Å²) >= 11 is 1.60. The van der Waals surface area contributed by atoms with Crippen LogP contribution in [-0.2, 0) is 11.3 Å². The van der Waals surface area contributed by atoms with Gasteiger partial charge in [-0.3, -0.25) is 4.79 Å². The highest BCUT2D eigenvalue weighted by atomic mass is 32.2. The molecule has 2 rings (SSSR count). The Balaban J connectivity index is 1.99. The molecule has 0 aliphatic heterocycles. The van der Waals surface area contributed by atoms with Gasteiger partial charge in [0, 0.05) is 6.54 Å². The summed E-state index contributed by atoms with van der Waals surface area (Å²) in [5, 5.41) is 16.6. The Morgan fingerprint density at radius 3 is 3.00 bits per heavy atom. The van der Waals surface area contributed by atoms with E-state index < -0.39 is 6.10 Å². The molecule has 2 aromatic rings. The van der Waals surface area contributed by atoms with Gasteiger partial charge in [0.05, 0.1) is 5.69 Å². The van der Waals surface area contributed by atoms with Gasteiger partial charge in [0.2, 0.25) is 5.91 Å². The Labute approximate surface area is 127 Å². The fraction of sp³-hybridized carbons (Fsp3) is 0.357. The van der Waals surface area contributed by atoms with E-state index in [-0.39, 0.29) is 5.91 Å². The second kappa shape index (κ2) is 7.80. The zero-order valence-corrected chi connectivity index (χ0v) is 12.6. The minimum Gasteiger partial charge on any atom is -0.383 e. The third-order valence-corrected chi connectivity index (χ3v) is 3.65. The Morgan fingerprint density at radius 1 is 1.48 bits per heavy atom. The Hall–Kier alpha value is -1.86. The molecule has 0 aliphatic carbocycles. The van der Waals surface area contributed by atoms with Crippen LogP contribution in [0.25, 0.3) is 5.69 Å². The first kappa shape index (κ1) is 15.5. The summed E-state index contributed by atoms with van der Waals surface area (Å²) in [4.78, 5) is 15.7. The summed E-state index contributed by atoms with van der Waals surface area (Å²) in [6.07, 6.45) is 4.50. The van der Waals surface area contributed by atoms with Crippen LogP contribution in [0, 0.1) is 0 Å². The van der Waals surface area contributed by atoms with Crippen LogP contribution in [-0.4, -0.2) is 43.9 Å². The maximum Gasteiger partial charge on any atom is 0.249 e. The van der Waals surface area contributed by atoms with Crippen molar-refractivity contribution in [3.05, 3.63) is 42.5 Å². The number of carbonyl (C=O) groups excluding carboxylic acids is 1. The van der Waals surface area contributed by atoms with Crippen LogP contribution in [0.1, 0.15) is 12.0 Å². The van der Waals surface area contributed by atoms with Crippen LogP contribution in [0.3, 0.4) is 0 Å². The summed E-state index contributed by atoms with van der Waals surface area (Å²) in [5.41, 5.74) is 1.77. The number of nitrogens with one attached hydrogen (secondary N) is 1. The van der Waals surface area contributed by atoms with E-state index in [2.05, 4.69) is 15.4 Å². The fourth-order valence-electron chi connectivity index (χ4n) is 1.88. The number of thioether (sulfide) groups is 1. The first-order valence-electron chi connectivity index (χ1n) is 6.60. The maximum atomic E-state index is 11.8. The lowest BCUT2D eigenvalue weighted by atomic mass is 10.1. The van der Waals surface area contributed by atoms with Crippen molar-refractivity contribution in [3.63, 3.8) is 0 Å². The number of aromatic nitrogens is 3. The van der Waals surface area contributed by atoms with E-state index in [0.717, 1.165) is 17.0 Å². The summed E-state index contributed by atoms with van der Waals surface area (Å²) in [6.45, 7) is 0.338. The average Bonchev–Trinajstić information content (AvgIpc) is 3.04. The largest absolute Gasteiger partial charge is 0.383 e. The Bertz CT molecular complexity index is 574. The highest BCUT2D eigenvalue weighted by Crippen LogP contribution is 2.12. The van der Waals surface area contributed by atoms with Crippen molar-refractivity contribution in [2.45, 2.75) is 19.1 Å². The van der Waals surface area contributed by atoms with E-state index in [1.165, 1.54) is 6.33 Å². The van der Waals surface area contributed by atoms with Crippen molar-refractivity contribution in [1.82, 2.24) is 20.1 Å². The number of nitrogens with zero attached hydrogens (tertiary/aromatic N) is 3. The van der Waals surface area contributed by atoms with Crippen molar-refractivity contribution in [2.24, 2.45) is 0 Å². The molecule has 1 aromatic carbocycles. The predicted octanol–water partition coefficient (Wildman–Crippen LogP) is 0.997. The summed E-state index contributed by atoms with van der Waals surface area (Å²) < 4.78 is 1.64. The number of para-hydroxylation sites is 1. The van der Waals surface area contributed by atoms with Crippen molar-refractivity contribution in [2.75, 3.05) is 12.0 Å². The SMILES string of the molecule is CSCC[C@@H](O)C(=O)NCc1ccccc1-n1cncn1. The van der Waals surface area contributed by atoms with Gasteiger partial charge in [-0.25, -0.2) is 9.67 Å². The molecule has 1 aromatic heterocycles. The first-order valence-corrected chi connectivity index (χ1v) is 7.99. The topological polar surface area (TPSA) is 80.0 Å². The molecular weight excluding hydrogens is 288 g/mol. The number of benzene rings is 1. The molecule has 0 saturated heterocycles. The van der Waals surface area contributed by atoms with Crippen LogP contribution in [0.5, 0.6) is 0 Å². The van der Waals surface area contributed by atoms with Crippen molar-refractivity contribution in [1.29, 1.82) is 0 Å². The van der Waals surface area contributed by atoms with E-state index in [0.29, 0.717) is 13.0 Å². The molecule has 1 heterocycles. The number of aliphatic hydroxyl groups is 1. The molecule has 0 unspecified atom stereocenters. The van der Waals surface area contributed by atoms with Gasteiger partial charge in [-0.05, 0) is 30.1 Å². The quantitative estimate of drug-likeness (QED) is 0.797. The van der Waals surface area contributed by atoms with Gasteiger partial charge < -0.3 is 10.4 Å². The van der Waals surface area contributed by atoms with E-state index >= 15 is 0 Å². The van der Waals surface area contributed by atoms with Gasteiger partial charge in [0.1, 0.15) is 18.8 Å². The zero-order chi connectivity index (χ0) is 15.1. The summed E-state index contributed by atoms with van der Waals surface area (Å²) in [5.74, 6) is 0.405. The normalized spacial score (nSPS) is 12.1. The van der Waals surface area contributed by atoms with Crippen LogP contribution in [0.15, 0.2) is 36.9 Å².